The van der Waals surface area contributed by atoms with Crippen LogP contribution < -0.4 is 10.6 Å². The lowest BCUT2D eigenvalue weighted by Crippen LogP contribution is -2.41. The van der Waals surface area contributed by atoms with Crippen molar-refractivity contribution in [2.45, 2.75) is 46.2 Å². The topological polar surface area (TPSA) is 66.0 Å². The van der Waals surface area contributed by atoms with E-state index < -0.39 is 0 Å². The van der Waals surface area contributed by atoms with Crippen molar-refractivity contribution in [2.75, 3.05) is 33.4 Å². The lowest BCUT2D eigenvalue weighted by molar-refractivity contribution is 0.0939. The number of guanidine groups is 1. The number of hydrogen-bond donors (Lipinski definition) is 2. The minimum atomic E-state index is -0.0220. The number of benzene rings is 1. The molecule has 2 N–H and O–H groups in total. The number of amides is 1. The molecule has 1 heterocycles. The van der Waals surface area contributed by atoms with E-state index in [0.717, 1.165) is 50.7 Å². The van der Waals surface area contributed by atoms with Crippen molar-refractivity contribution in [1.29, 1.82) is 0 Å². The van der Waals surface area contributed by atoms with Crippen molar-refractivity contribution in [3.63, 3.8) is 0 Å². The first-order valence-corrected chi connectivity index (χ1v) is 10.0. The zero-order valence-electron chi connectivity index (χ0n) is 17.1. The van der Waals surface area contributed by atoms with Crippen LogP contribution in [0.1, 0.15) is 49.5 Å². The molecule has 1 aliphatic rings. The van der Waals surface area contributed by atoms with Crippen molar-refractivity contribution in [1.82, 2.24) is 15.5 Å². The summed E-state index contributed by atoms with van der Waals surface area (Å²) in [6.45, 7) is 10.2. The molecular formula is C21H34N4O2. The van der Waals surface area contributed by atoms with Crippen molar-refractivity contribution in [2.24, 2.45) is 10.9 Å². The molecule has 0 saturated carbocycles. The summed E-state index contributed by atoms with van der Waals surface area (Å²) >= 11 is 0. The quantitative estimate of drug-likeness (QED) is 0.542. The Labute approximate surface area is 163 Å². The number of ether oxygens (including phenoxy) is 1. The number of nitrogens with one attached hydrogen (secondary N) is 2. The highest BCUT2D eigenvalue weighted by atomic mass is 16.5. The van der Waals surface area contributed by atoms with Crippen LogP contribution in [-0.4, -0.2) is 56.2 Å². The van der Waals surface area contributed by atoms with Crippen LogP contribution in [0.3, 0.4) is 0 Å². The molecule has 1 fully saturated rings. The van der Waals surface area contributed by atoms with Crippen LogP contribution in [0.2, 0.25) is 0 Å². The smallest absolute Gasteiger partial charge is 0.251 e. The van der Waals surface area contributed by atoms with E-state index in [0.29, 0.717) is 18.0 Å². The van der Waals surface area contributed by atoms with E-state index in [2.05, 4.69) is 36.4 Å². The largest absolute Gasteiger partial charge is 0.381 e. The van der Waals surface area contributed by atoms with Crippen LogP contribution in [0.15, 0.2) is 29.3 Å². The van der Waals surface area contributed by atoms with Crippen LogP contribution >= 0.6 is 0 Å². The fourth-order valence-electron chi connectivity index (χ4n) is 3.01. The van der Waals surface area contributed by atoms with Crippen LogP contribution in [0.25, 0.3) is 0 Å². The number of aliphatic imine (C=N–C) groups is 1. The molecule has 1 aliphatic heterocycles. The first kappa shape index (κ1) is 21.2. The third-order valence-electron chi connectivity index (χ3n) is 4.87. The second kappa shape index (κ2) is 10.9. The third kappa shape index (κ3) is 6.86. The molecule has 0 aromatic heterocycles. The Kier molecular flexibility index (Phi) is 8.58. The molecule has 27 heavy (non-hydrogen) atoms. The summed E-state index contributed by atoms with van der Waals surface area (Å²) < 4.78 is 5.47. The molecule has 0 radical (unpaired) electrons. The fraction of sp³-hybridized carbons (Fsp3) is 0.619. The number of rotatable bonds is 8. The second-order valence-corrected chi connectivity index (χ2v) is 7.26. The van der Waals surface area contributed by atoms with Gasteiger partial charge < -0.3 is 20.3 Å². The van der Waals surface area contributed by atoms with Crippen LogP contribution in [-0.2, 0) is 11.3 Å². The van der Waals surface area contributed by atoms with Crippen LogP contribution in [0.5, 0.6) is 0 Å². The second-order valence-electron chi connectivity index (χ2n) is 7.26. The lowest BCUT2D eigenvalue weighted by atomic mass is 10.1. The maximum absolute atomic E-state index is 12.2. The van der Waals surface area contributed by atoms with Crippen molar-refractivity contribution >= 4 is 11.9 Å². The van der Waals surface area contributed by atoms with Gasteiger partial charge in [0.1, 0.15) is 0 Å². The van der Waals surface area contributed by atoms with Crippen molar-refractivity contribution in [3.05, 3.63) is 35.4 Å². The Hall–Kier alpha value is -2.08. The summed E-state index contributed by atoms with van der Waals surface area (Å²) in [5, 5.41) is 6.34. The number of hydrogen-bond acceptors (Lipinski definition) is 3. The van der Waals surface area contributed by atoms with E-state index in [-0.39, 0.29) is 11.9 Å². The molecule has 1 aromatic carbocycles. The summed E-state index contributed by atoms with van der Waals surface area (Å²) in [5.74, 6) is 1.46. The summed E-state index contributed by atoms with van der Waals surface area (Å²) in [5.41, 5.74) is 1.77. The average molecular weight is 375 g/mol. The maximum atomic E-state index is 12.2. The standard InChI is InChI=1S/C21H34N4O2/c1-5-16(3)24-20(26)19-9-7-17(8-10-19)13-23-21(22-6-2)25(4)14-18-11-12-27-15-18/h7-10,16,18H,5-6,11-15H2,1-4H3,(H,22,23)(H,24,26). The first-order valence-electron chi connectivity index (χ1n) is 10.0. The Balaban J connectivity index is 1.95. The Morgan fingerprint density at radius 1 is 1.33 bits per heavy atom. The van der Waals surface area contributed by atoms with E-state index in [1.807, 2.05) is 31.2 Å². The summed E-state index contributed by atoms with van der Waals surface area (Å²) in [6, 6.07) is 7.88. The zero-order valence-corrected chi connectivity index (χ0v) is 17.1. The monoisotopic (exact) mass is 374 g/mol. The zero-order chi connectivity index (χ0) is 19.6. The summed E-state index contributed by atoms with van der Waals surface area (Å²) in [7, 11) is 2.07. The van der Waals surface area contributed by atoms with Crippen LogP contribution in [0, 0.1) is 5.92 Å². The van der Waals surface area contributed by atoms with E-state index >= 15 is 0 Å². The van der Waals surface area contributed by atoms with E-state index in [9.17, 15) is 4.79 Å². The predicted molar refractivity (Wildman–Crippen MR) is 110 cm³/mol. The Bertz CT molecular complexity index is 609. The van der Waals surface area contributed by atoms with Gasteiger partial charge in [-0.1, -0.05) is 19.1 Å². The minimum absolute atomic E-state index is 0.0220. The van der Waals surface area contributed by atoms with Gasteiger partial charge in [-0.3, -0.25) is 4.79 Å². The number of carbonyl (C=O) groups is 1. The molecule has 0 spiro atoms. The highest BCUT2D eigenvalue weighted by Gasteiger charge is 2.19. The van der Waals surface area contributed by atoms with Gasteiger partial charge in [-0.2, -0.15) is 0 Å². The fourth-order valence-corrected chi connectivity index (χ4v) is 3.01. The first-order chi connectivity index (χ1) is 13.0. The molecule has 0 aliphatic carbocycles. The van der Waals surface area contributed by atoms with Gasteiger partial charge in [0.15, 0.2) is 5.96 Å². The maximum Gasteiger partial charge on any atom is 0.251 e. The summed E-state index contributed by atoms with van der Waals surface area (Å²) in [4.78, 5) is 19.1. The molecule has 2 atom stereocenters. The van der Waals surface area contributed by atoms with E-state index in [1.54, 1.807) is 0 Å². The highest BCUT2D eigenvalue weighted by molar-refractivity contribution is 5.94. The molecule has 2 unspecified atom stereocenters. The normalized spacial score (nSPS) is 18.2. The summed E-state index contributed by atoms with van der Waals surface area (Å²) in [6.07, 6.45) is 2.04. The third-order valence-corrected chi connectivity index (χ3v) is 4.87. The van der Waals surface area contributed by atoms with Gasteiger partial charge in [0.2, 0.25) is 0 Å². The minimum Gasteiger partial charge on any atom is -0.381 e. The van der Waals surface area contributed by atoms with Gasteiger partial charge in [-0.05, 0) is 44.4 Å². The van der Waals surface area contributed by atoms with Gasteiger partial charge in [-0.15, -0.1) is 0 Å². The van der Waals surface area contributed by atoms with Gasteiger partial charge in [0, 0.05) is 44.3 Å². The van der Waals surface area contributed by atoms with Gasteiger partial charge >= 0.3 is 0 Å². The molecule has 6 nitrogen and oxygen atoms in total. The molecule has 0 bridgehead atoms. The Morgan fingerprint density at radius 3 is 2.67 bits per heavy atom. The van der Waals surface area contributed by atoms with Crippen molar-refractivity contribution in [3.8, 4) is 0 Å². The predicted octanol–water partition coefficient (Wildman–Crippen LogP) is 2.65. The highest BCUT2D eigenvalue weighted by Crippen LogP contribution is 2.13. The molecule has 6 heteroatoms. The number of nitrogens with zero attached hydrogens (tertiary/aromatic N) is 2. The Morgan fingerprint density at radius 2 is 2.07 bits per heavy atom. The lowest BCUT2D eigenvalue weighted by Gasteiger charge is -2.24. The van der Waals surface area contributed by atoms with E-state index in [4.69, 9.17) is 9.73 Å². The molecule has 1 amide bonds. The van der Waals surface area contributed by atoms with Crippen molar-refractivity contribution < 1.29 is 9.53 Å². The molecule has 150 valence electrons. The van der Waals surface area contributed by atoms with E-state index in [1.165, 1.54) is 0 Å². The van der Waals surface area contributed by atoms with Gasteiger partial charge in [0.05, 0.1) is 13.2 Å². The van der Waals surface area contributed by atoms with Gasteiger partial charge in [0.25, 0.3) is 5.91 Å². The molecular weight excluding hydrogens is 340 g/mol. The molecule has 2 rings (SSSR count). The number of carbonyl (C=O) groups excluding carboxylic acids is 1. The molecule has 1 aromatic rings. The average Bonchev–Trinajstić information content (AvgIpc) is 3.18. The SMILES string of the molecule is CCNC(=NCc1ccc(C(=O)NC(C)CC)cc1)N(C)CC1CCOC1. The van der Waals surface area contributed by atoms with Gasteiger partial charge in [-0.25, -0.2) is 4.99 Å². The van der Waals surface area contributed by atoms with Crippen LogP contribution in [0.4, 0.5) is 0 Å². The molecule has 1 saturated heterocycles.